The molecule has 310 valence electrons. The van der Waals surface area contributed by atoms with Crippen molar-refractivity contribution >= 4 is 63.3 Å². The molecule has 16 heteroatoms. The minimum atomic E-state index is -0.982. The molecule has 3 aromatic carbocycles. The lowest BCUT2D eigenvalue weighted by molar-refractivity contribution is -0.136. The Bertz CT molecular complexity index is 2280. The monoisotopic (exact) mass is 826 g/mol. The van der Waals surface area contributed by atoms with E-state index in [0.717, 1.165) is 74.5 Å². The Kier molecular flexibility index (Phi) is 11.7. The molecule has 0 saturated carbocycles. The van der Waals surface area contributed by atoms with Gasteiger partial charge in [0.05, 0.1) is 35.4 Å². The van der Waals surface area contributed by atoms with Gasteiger partial charge in [-0.25, -0.2) is 14.4 Å². The van der Waals surface area contributed by atoms with Gasteiger partial charge in [0.15, 0.2) is 11.5 Å². The zero-order valence-electron chi connectivity index (χ0n) is 33.4. The topological polar surface area (TPSA) is 150 Å². The van der Waals surface area contributed by atoms with Crippen LogP contribution < -0.4 is 25.0 Å². The quantitative estimate of drug-likeness (QED) is 0.134. The summed E-state index contributed by atoms with van der Waals surface area (Å²) in [4.78, 5) is 68.1. The molecule has 0 spiro atoms. The number of hydrogen-bond donors (Lipinski definition) is 2. The van der Waals surface area contributed by atoms with Gasteiger partial charge in [0, 0.05) is 67.5 Å². The average Bonchev–Trinajstić information content (AvgIpc) is 3.46. The number of aromatic nitrogens is 2. The fourth-order valence-electron chi connectivity index (χ4n) is 9.08. The average molecular weight is 827 g/mol. The number of imide groups is 2. The number of amides is 4. The van der Waals surface area contributed by atoms with Crippen molar-refractivity contribution in [3.63, 3.8) is 0 Å². The second-order valence-corrected chi connectivity index (χ2v) is 16.4. The highest BCUT2D eigenvalue weighted by Gasteiger charge is 2.45. The third-order valence-electron chi connectivity index (χ3n) is 11.9. The van der Waals surface area contributed by atoms with E-state index in [1.807, 2.05) is 18.2 Å². The van der Waals surface area contributed by atoms with Crippen LogP contribution in [-0.4, -0.2) is 119 Å². The Labute approximate surface area is 347 Å². The summed E-state index contributed by atoms with van der Waals surface area (Å²) >= 11 is 5.99. The minimum absolute atomic E-state index is 0.0152. The Morgan fingerprint density at radius 1 is 0.898 bits per heavy atom. The largest absolute Gasteiger partial charge is 0.493 e. The molecule has 0 bridgehead atoms. The summed E-state index contributed by atoms with van der Waals surface area (Å²) in [6, 6.07) is 12.9. The molecule has 4 amide bonds. The van der Waals surface area contributed by atoms with Gasteiger partial charge < -0.3 is 24.6 Å². The molecule has 3 fully saturated rings. The molecule has 4 aliphatic heterocycles. The number of methoxy groups -OCH3 is 1. The highest BCUT2D eigenvalue weighted by atomic mass is 35.5. The molecule has 5 heterocycles. The first-order valence-electron chi connectivity index (χ1n) is 20.2. The van der Waals surface area contributed by atoms with Crippen LogP contribution in [0.15, 0.2) is 54.9 Å². The van der Waals surface area contributed by atoms with Gasteiger partial charge in [-0.15, -0.1) is 0 Å². The molecular formula is C43H48ClFN8O6. The second-order valence-electron chi connectivity index (χ2n) is 16.0. The number of likely N-dealkylation sites (tertiary alicyclic amines) is 1. The van der Waals surface area contributed by atoms with Gasteiger partial charge in [-0.1, -0.05) is 11.6 Å². The summed E-state index contributed by atoms with van der Waals surface area (Å²) in [6.07, 6.45) is 4.78. The number of fused-ring (bicyclic) bond motifs is 2. The van der Waals surface area contributed by atoms with Crippen molar-refractivity contribution in [2.45, 2.75) is 64.1 Å². The Hall–Kier alpha value is -5.38. The normalized spacial score (nSPS) is 21.9. The third-order valence-corrected chi connectivity index (χ3v) is 12.2. The zero-order chi connectivity index (χ0) is 41.4. The summed E-state index contributed by atoms with van der Waals surface area (Å²) in [5.74, 6) is -0.164. The van der Waals surface area contributed by atoms with E-state index in [0.29, 0.717) is 52.2 Å². The van der Waals surface area contributed by atoms with Crippen molar-refractivity contribution in [3.8, 4) is 11.5 Å². The maximum absolute atomic E-state index is 13.7. The second kappa shape index (κ2) is 17.1. The predicted octanol–water partition coefficient (Wildman–Crippen LogP) is 5.66. The first kappa shape index (κ1) is 40.4. The molecule has 4 aliphatic rings. The van der Waals surface area contributed by atoms with Crippen LogP contribution in [-0.2, 0) is 9.59 Å². The van der Waals surface area contributed by atoms with Gasteiger partial charge in [-0.2, -0.15) is 0 Å². The van der Waals surface area contributed by atoms with Crippen molar-refractivity contribution in [3.05, 3.63) is 76.8 Å². The molecule has 4 aromatic rings. The summed E-state index contributed by atoms with van der Waals surface area (Å²) in [5, 5.41) is 6.21. The third kappa shape index (κ3) is 8.41. The zero-order valence-corrected chi connectivity index (χ0v) is 34.1. The number of rotatable bonds is 12. The van der Waals surface area contributed by atoms with E-state index < -0.39 is 35.5 Å². The van der Waals surface area contributed by atoms with Crippen molar-refractivity contribution < 1.29 is 33.0 Å². The fraction of sp³-hybridized carbons (Fsp3) is 0.442. The van der Waals surface area contributed by atoms with Crippen LogP contribution in [0.3, 0.4) is 0 Å². The number of piperazine rings is 1. The van der Waals surface area contributed by atoms with Crippen LogP contribution in [0.5, 0.6) is 11.5 Å². The van der Waals surface area contributed by atoms with Gasteiger partial charge in [-0.05, 0) is 101 Å². The van der Waals surface area contributed by atoms with E-state index in [1.54, 1.807) is 25.3 Å². The SMILES string of the molecule is COc1cc2ncnc(Nc3ccc(F)c(Cl)c3)c2cc1OCCCN1CCC(CN2CC(C)N(c3ccc4c(c3)C(=O)N(C3CCC(=O)NC3=O)C4=O)C(C)C2)CC1. The van der Waals surface area contributed by atoms with Gasteiger partial charge in [0.2, 0.25) is 11.8 Å². The van der Waals surface area contributed by atoms with Gasteiger partial charge >= 0.3 is 0 Å². The lowest BCUT2D eigenvalue weighted by atomic mass is 9.94. The molecule has 8 rings (SSSR count). The van der Waals surface area contributed by atoms with Crippen LogP contribution >= 0.6 is 11.6 Å². The summed E-state index contributed by atoms with van der Waals surface area (Å²) in [6.45, 7) is 10.7. The number of anilines is 3. The van der Waals surface area contributed by atoms with Crippen LogP contribution in [0, 0.1) is 11.7 Å². The highest BCUT2D eigenvalue weighted by Crippen LogP contribution is 2.36. The molecule has 3 atom stereocenters. The van der Waals surface area contributed by atoms with E-state index in [2.05, 4.69) is 49.1 Å². The van der Waals surface area contributed by atoms with E-state index in [4.69, 9.17) is 21.1 Å². The maximum atomic E-state index is 13.7. The van der Waals surface area contributed by atoms with Crippen molar-refractivity contribution in [2.75, 3.05) is 63.2 Å². The fourth-order valence-corrected chi connectivity index (χ4v) is 9.27. The van der Waals surface area contributed by atoms with Crippen LogP contribution in [0.1, 0.15) is 66.7 Å². The number of nitrogens with one attached hydrogen (secondary N) is 2. The molecular weight excluding hydrogens is 779 g/mol. The first-order chi connectivity index (χ1) is 28.5. The number of ether oxygens (including phenoxy) is 2. The maximum Gasteiger partial charge on any atom is 0.262 e. The number of carbonyl (C=O) groups excluding carboxylic acids is 4. The molecule has 3 saturated heterocycles. The number of carbonyl (C=O) groups is 4. The highest BCUT2D eigenvalue weighted by molar-refractivity contribution is 6.31. The standard InChI is InChI=1S/C43H48ClFN8O6/c1-25-21-51(22-26(2)52(25)29-6-7-30-31(18-29)43(57)53(42(30)56)36-9-10-39(54)49-41(36)55)23-27-11-14-50(15-12-27)13-4-16-59-38-19-32-35(20-37(38)58-3)46-24-47-40(32)48-28-5-8-34(45)33(44)17-28/h5-8,17-20,24-27,36H,4,9-16,21-23H2,1-3H3,(H,46,47,48)(H,49,54,55). The molecule has 0 aliphatic carbocycles. The Morgan fingerprint density at radius 3 is 2.39 bits per heavy atom. The predicted molar refractivity (Wildman–Crippen MR) is 221 cm³/mol. The smallest absolute Gasteiger partial charge is 0.262 e. The van der Waals surface area contributed by atoms with E-state index in [1.165, 1.54) is 18.5 Å². The molecule has 3 unspecified atom stereocenters. The molecule has 0 radical (unpaired) electrons. The Balaban J connectivity index is 0.804. The Morgan fingerprint density at radius 2 is 1.66 bits per heavy atom. The lowest BCUT2D eigenvalue weighted by Crippen LogP contribution is -2.58. The van der Waals surface area contributed by atoms with Crippen molar-refractivity contribution in [2.24, 2.45) is 5.92 Å². The van der Waals surface area contributed by atoms with E-state index >= 15 is 0 Å². The summed E-state index contributed by atoms with van der Waals surface area (Å²) in [5.41, 5.74) is 2.75. The van der Waals surface area contributed by atoms with E-state index in [9.17, 15) is 23.6 Å². The van der Waals surface area contributed by atoms with Gasteiger partial charge in [0.1, 0.15) is 24.0 Å². The van der Waals surface area contributed by atoms with Crippen molar-refractivity contribution in [1.29, 1.82) is 0 Å². The number of halogens is 2. The minimum Gasteiger partial charge on any atom is -0.493 e. The molecule has 1 aromatic heterocycles. The lowest BCUT2D eigenvalue weighted by Gasteiger charge is -2.47. The van der Waals surface area contributed by atoms with Crippen LogP contribution in [0.4, 0.5) is 21.6 Å². The molecule has 2 N–H and O–H groups in total. The molecule has 59 heavy (non-hydrogen) atoms. The number of nitrogens with zero attached hydrogens (tertiary/aromatic N) is 6. The van der Waals surface area contributed by atoms with Crippen molar-refractivity contribution in [1.82, 2.24) is 30.0 Å². The number of benzene rings is 3. The van der Waals surface area contributed by atoms with Gasteiger partial charge in [-0.3, -0.25) is 34.3 Å². The molecule has 14 nitrogen and oxygen atoms in total. The van der Waals surface area contributed by atoms with Crippen LogP contribution in [0.2, 0.25) is 5.02 Å². The number of piperidine rings is 2. The van der Waals surface area contributed by atoms with Gasteiger partial charge in [0.25, 0.3) is 11.8 Å². The summed E-state index contributed by atoms with van der Waals surface area (Å²) in [7, 11) is 1.60. The van der Waals surface area contributed by atoms with E-state index in [-0.39, 0.29) is 29.9 Å². The number of hydrogen-bond acceptors (Lipinski definition) is 12. The van der Waals surface area contributed by atoms with Crippen LogP contribution in [0.25, 0.3) is 10.9 Å². The summed E-state index contributed by atoms with van der Waals surface area (Å²) < 4.78 is 25.6. The first-order valence-corrected chi connectivity index (χ1v) is 20.6.